The van der Waals surface area contributed by atoms with E-state index in [-0.39, 0.29) is 12.5 Å². The van der Waals surface area contributed by atoms with Crippen molar-refractivity contribution >= 4 is 12.0 Å². The monoisotopic (exact) mass is 326 g/mol. The van der Waals surface area contributed by atoms with E-state index in [0.717, 1.165) is 11.1 Å². The van der Waals surface area contributed by atoms with E-state index in [1.54, 1.807) is 0 Å². The van der Waals surface area contributed by atoms with Crippen LogP contribution in [-0.2, 0) is 22.7 Å². The van der Waals surface area contributed by atoms with Crippen LogP contribution in [0.25, 0.3) is 0 Å². The van der Waals surface area contributed by atoms with E-state index in [9.17, 15) is 9.59 Å². The molecule has 1 atom stereocenters. The van der Waals surface area contributed by atoms with Crippen molar-refractivity contribution in [2.24, 2.45) is 0 Å². The number of hydrogen-bond donors (Lipinski definition) is 2. The molecule has 0 spiro atoms. The van der Waals surface area contributed by atoms with Crippen molar-refractivity contribution in [3.63, 3.8) is 0 Å². The van der Waals surface area contributed by atoms with Crippen LogP contribution in [0.5, 0.6) is 0 Å². The van der Waals surface area contributed by atoms with Crippen molar-refractivity contribution in [2.45, 2.75) is 32.5 Å². The van der Waals surface area contributed by atoms with E-state index in [1.807, 2.05) is 67.6 Å². The maximum Gasteiger partial charge on any atom is 0.408 e. The molecule has 0 unspecified atom stereocenters. The average molecular weight is 326 g/mol. The van der Waals surface area contributed by atoms with Gasteiger partial charge in [-0.05, 0) is 17.5 Å². The van der Waals surface area contributed by atoms with E-state index < -0.39 is 12.1 Å². The van der Waals surface area contributed by atoms with Crippen molar-refractivity contribution in [1.29, 1.82) is 0 Å². The van der Waals surface area contributed by atoms with Crippen molar-refractivity contribution in [3.8, 4) is 0 Å². The standard InChI is InChI=1S/C19H22N2O3/c1-2-17(18(22)20-13-15-9-5-3-6-10-15)21-19(23)24-14-16-11-7-4-8-12-16/h3-12,17H,2,13-14H2,1H3,(H,20,22)(H,21,23)/t17-/m1/s1. The molecule has 2 aromatic carbocycles. The Kier molecular flexibility index (Phi) is 6.83. The Bertz CT molecular complexity index is 644. The number of amides is 2. The molecular weight excluding hydrogens is 304 g/mol. The number of alkyl carbamates (subject to hydrolysis) is 1. The molecule has 0 saturated heterocycles. The number of nitrogens with one attached hydrogen (secondary N) is 2. The Balaban J connectivity index is 1.77. The van der Waals surface area contributed by atoms with Crippen molar-refractivity contribution in [3.05, 3.63) is 71.8 Å². The molecule has 2 aromatic rings. The molecule has 0 aromatic heterocycles. The molecule has 0 bridgehead atoms. The Morgan fingerprint density at radius 2 is 1.54 bits per heavy atom. The predicted molar refractivity (Wildman–Crippen MR) is 92.1 cm³/mol. The lowest BCUT2D eigenvalue weighted by Gasteiger charge is -2.16. The van der Waals surface area contributed by atoms with Crippen LogP contribution in [0.1, 0.15) is 24.5 Å². The van der Waals surface area contributed by atoms with Crippen LogP contribution in [0.15, 0.2) is 60.7 Å². The molecule has 5 nitrogen and oxygen atoms in total. The number of hydrogen-bond acceptors (Lipinski definition) is 3. The molecule has 0 aliphatic rings. The minimum Gasteiger partial charge on any atom is -0.445 e. The lowest BCUT2D eigenvalue weighted by Crippen LogP contribution is -2.46. The molecule has 24 heavy (non-hydrogen) atoms. The van der Waals surface area contributed by atoms with Crippen LogP contribution in [-0.4, -0.2) is 18.0 Å². The van der Waals surface area contributed by atoms with Crippen LogP contribution in [0.2, 0.25) is 0 Å². The Morgan fingerprint density at radius 1 is 0.958 bits per heavy atom. The summed E-state index contributed by atoms with van der Waals surface area (Å²) in [5.41, 5.74) is 1.90. The highest BCUT2D eigenvalue weighted by Crippen LogP contribution is 2.02. The topological polar surface area (TPSA) is 67.4 Å². The van der Waals surface area contributed by atoms with E-state index in [2.05, 4.69) is 10.6 Å². The summed E-state index contributed by atoms with van der Waals surface area (Å²) < 4.78 is 5.14. The smallest absolute Gasteiger partial charge is 0.408 e. The molecule has 126 valence electrons. The summed E-state index contributed by atoms with van der Waals surface area (Å²) in [6, 6.07) is 18.4. The van der Waals surface area contributed by atoms with Crippen LogP contribution >= 0.6 is 0 Å². The van der Waals surface area contributed by atoms with Gasteiger partial charge in [-0.1, -0.05) is 67.6 Å². The largest absolute Gasteiger partial charge is 0.445 e. The zero-order chi connectivity index (χ0) is 17.2. The molecule has 0 fully saturated rings. The molecule has 0 aliphatic carbocycles. The third-order valence-electron chi connectivity index (χ3n) is 3.54. The highest BCUT2D eigenvalue weighted by Gasteiger charge is 2.19. The summed E-state index contributed by atoms with van der Waals surface area (Å²) in [7, 11) is 0. The van der Waals surface area contributed by atoms with Gasteiger partial charge < -0.3 is 15.4 Å². The first-order valence-electron chi connectivity index (χ1n) is 7.98. The van der Waals surface area contributed by atoms with Gasteiger partial charge in [0.15, 0.2) is 0 Å². The minimum atomic E-state index is -0.614. The van der Waals surface area contributed by atoms with E-state index >= 15 is 0 Å². The number of carbonyl (C=O) groups excluding carboxylic acids is 2. The van der Waals surface area contributed by atoms with Gasteiger partial charge in [-0.25, -0.2) is 4.79 Å². The van der Waals surface area contributed by atoms with Gasteiger partial charge in [-0.3, -0.25) is 4.79 Å². The van der Waals surface area contributed by atoms with Crippen LogP contribution in [0, 0.1) is 0 Å². The minimum absolute atomic E-state index is 0.175. The fraction of sp³-hybridized carbons (Fsp3) is 0.263. The SMILES string of the molecule is CC[C@@H](NC(=O)OCc1ccccc1)C(=O)NCc1ccccc1. The van der Waals surface area contributed by atoms with E-state index in [0.29, 0.717) is 13.0 Å². The molecule has 5 heteroatoms. The quantitative estimate of drug-likeness (QED) is 0.822. The fourth-order valence-corrected chi connectivity index (χ4v) is 2.17. The molecule has 2 rings (SSSR count). The molecule has 2 N–H and O–H groups in total. The van der Waals surface area contributed by atoms with Gasteiger partial charge in [0.1, 0.15) is 12.6 Å². The molecule has 0 saturated carbocycles. The summed E-state index contributed by atoms with van der Waals surface area (Å²) in [5, 5.41) is 5.42. The number of ether oxygens (including phenoxy) is 1. The normalized spacial score (nSPS) is 11.4. The highest BCUT2D eigenvalue weighted by atomic mass is 16.5. The first kappa shape index (κ1) is 17.5. The zero-order valence-corrected chi connectivity index (χ0v) is 13.7. The van der Waals surface area contributed by atoms with Crippen molar-refractivity contribution < 1.29 is 14.3 Å². The fourth-order valence-electron chi connectivity index (χ4n) is 2.17. The van der Waals surface area contributed by atoms with Gasteiger partial charge in [-0.2, -0.15) is 0 Å². The molecule has 0 aliphatic heterocycles. The van der Waals surface area contributed by atoms with Gasteiger partial charge in [0.25, 0.3) is 0 Å². The summed E-state index contributed by atoms with van der Waals surface area (Å²) in [6.07, 6.45) is -0.110. The van der Waals surface area contributed by atoms with Crippen molar-refractivity contribution in [2.75, 3.05) is 0 Å². The van der Waals surface area contributed by atoms with Crippen molar-refractivity contribution in [1.82, 2.24) is 10.6 Å². The third-order valence-corrected chi connectivity index (χ3v) is 3.54. The molecule has 0 radical (unpaired) electrons. The maximum atomic E-state index is 12.2. The second-order valence-electron chi connectivity index (χ2n) is 5.37. The summed E-state index contributed by atoms with van der Waals surface area (Å²) in [5.74, 6) is -0.224. The van der Waals surface area contributed by atoms with E-state index in [4.69, 9.17) is 4.74 Å². The Hall–Kier alpha value is -2.82. The maximum absolute atomic E-state index is 12.2. The number of carbonyl (C=O) groups is 2. The summed E-state index contributed by atoms with van der Waals surface area (Å²) in [4.78, 5) is 24.0. The van der Waals surface area contributed by atoms with Gasteiger partial charge >= 0.3 is 6.09 Å². The van der Waals surface area contributed by atoms with Crippen LogP contribution in [0.3, 0.4) is 0 Å². The van der Waals surface area contributed by atoms with Gasteiger partial charge in [0.05, 0.1) is 0 Å². The third kappa shape index (κ3) is 5.76. The van der Waals surface area contributed by atoms with Gasteiger partial charge in [0, 0.05) is 6.54 Å². The Labute approximate surface area is 142 Å². The lowest BCUT2D eigenvalue weighted by molar-refractivity contribution is -0.123. The summed E-state index contributed by atoms with van der Waals surface area (Å²) in [6.45, 7) is 2.44. The number of rotatable bonds is 7. The van der Waals surface area contributed by atoms with E-state index in [1.165, 1.54) is 0 Å². The first-order valence-corrected chi connectivity index (χ1v) is 7.98. The molecule has 0 heterocycles. The second-order valence-corrected chi connectivity index (χ2v) is 5.37. The molecular formula is C19H22N2O3. The number of benzene rings is 2. The van der Waals surface area contributed by atoms with Gasteiger partial charge in [-0.15, -0.1) is 0 Å². The average Bonchev–Trinajstić information content (AvgIpc) is 2.64. The Morgan fingerprint density at radius 3 is 2.12 bits per heavy atom. The predicted octanol–water partition coefficient (Wildman–Crippen LogP) is 3.01. The lowest BCUT2D eigenvalue weighted by atomic mass is 10.2. The van der Waals surface area contributed by atoms with Gasteiger partial charge in [0.2, 0.25) is 5.91 Å². The first-order chi connectivity index (χ1) is 11.7. The van der Waals surface area contributed by atoms with Crippen LogP contribution < -0.4 is 10.6 Å². The van der Waals surface area contributed by atoms with Crippen LogP contribution in [0.4, 0.5) is 4.79 Å². The second kappa shape index (κ2) is 9.35. The molecule has 2 amide bonds. The summed E-state index contributed by atoms with van der Waals surface area (Å²) >= 11 is 0. The zero-order valence-electron chi connectivity index (χ0n) is 13.7. The highest BCUT2D eigenvalue weighted by molar-refractivity contribution is 5.85.